The SMILES string of the molecule is CCCOC1(c2ccccc2)COCC2(CC(c3ccc(F)cc3)CO2)C1. The smallest absolute Gasteiger partial charge is 0.123 e. The Hall–Kier alpha value is -1.75. The first-order valence-corrected chi connectivity index (χ1v) is 9.81. The van der Waals surface area contributed by atoms with Gasteiger partial charge in [0.05, 0.1) is 25.4 Å². The van der Waals surface area contributed by atoms with Gasteiger partial charge in [-0.3, -0.25) is 0 Å². The van der Waals surface area contributed by atoms with Crippen molar-refractivity contribution in [3.8, 4) is 0 Å². The van der Waals surface area contributed by atoms with E-state index in [1.54, 1.807) is 0 Å². The van der Waals surface area contributed by atoms with Crippen molar-refractivity contribution in [1.29, 1.82) is 0 Å². The zero-order chi connectivity index (χ0) is 18.7. The lowest BCUT2D eigenvalue weighted by atomic mass is 9.77. The highest BCUT2D eigenvalue weighted by Gasteiger charge is 2.52. The standard InChI is InChI=1S/C23H27FO3/c1-2-12-26-23(20-6-4-3-5-7-20)15-22(16-25-17-23)13-19(14-27-22)18-8-10-21(24)11-9-18/h3-11,19H,2,12-17H2,1H3. The summed E-state index contributed by atoms with van der Waals surface area (Å²) in [4.78, 5) is 0. The zero-order valence-electron chi connectivity index (χ0n) is 15.8. The monoisotopic (exact) mass is 370 g/mol. The summed E-state index contributed by atoms with van der Waals surface area (Å²) in [6, 6.07) is 17.1. The van der Waals surface area contributed by atoms with Gasteiger partial charge >= 0.3 is 0 Å². The number of halogens is 1. The molecule has 4 rings (SSSR count). The Labute approximate surface area is 160 Å². The topological polar surface area (TPSA) is 27.7 Å². The number of rotatable bonds is 5. The van der Waals surface area contributed by atoms with Gasteiger partial charge in [0, 0.05) is 18.9 Å². The van der Waals surface area contributed by atoms with Crippen molar-refractivity contribution >= 4 is 0 Å². The van der Waals surface area contributed by atoms with Crippen molar-refractivity contribution < 1.29 is 18.6 Å². The van der Waals surface area contributed by atoms with Crippen LogP contribution in [0.2, 0.25) is 0 Å². The second-order valence-electron chi connectivity index (χ2n) is 7.82. The lowest BCUT2D eigenvalue weighted by molar-refractivity contribution is -0.208. The maximum atomic E-state index is 13.3. The zero-order valence-corrected chi connectivity index (χ0v) is 15.8. The van der Waals surface area contributed by atoms with E-state index in [2.05, 4.69) is 19.1 Å². The molecule has 1 spiro atoms. The fraction of sp³-hybridized carbons (Fsp3) is 0.478. The van der Waals surface area contributed by atoms with Crippen LogP contribution in [-0.2, 0) is 19.8 Å². The largest absolute Gasteiger partial charge is 0.375 e. The molecule has 0 radical (unpaired) electrons. The third kappa shape index (κ3) is 3.79. The molecule has 0 saturated carbocycles. The summed E-state index contributed by atoms with van der Waals surface area (Å²) in [5.41, 5.74) is 1.43. The maximum absolute atomic E-state index is 13.3. The van der Waals surface area contributed by atoms with Gasteiger partial charge in [-0.15, -0.1) is 0 Å². The van der Waals surface area contributed by atoms with Crippen LogP contribution in [0.1, 0.15) is 43.2 Å². The van der Waals surface area contributed by atoms with Crippen LogP contribution in [0.25, 0.3) is 0 Å². The van der Waals surface area contributed by atoms with Crippen LogP contribution in [0, 0.1) is 5.82 Å². The van der Waals surface area contributed by atoms with Crippen molar-refractivity contribution in [2.45, 2.75) is 43.3 Å². The first-order chi connectivity index (χ1) is 13.1. The third-order valence-corrected chi connectivity index (χ3v) is 5.74. The van der Waals surface area contributed by atoms with Gasteiger partial charge in [-0.05, 0) is 36.1 Å². The highest BCUT2D eigenvalue weighted by atomic mass is 19.1. The van der Waals surface area contributed by atoms with Gasteiger partial charge in [0.25, 0.3) is 0 Å². The van der Waals surface area contributed by atoms with Crippen LogP contribution in [-0.4, -0.2) is 32.0 Å². The van der Waals surface area contributed by atoms with E-state index in [0.29, 0.717) is 26.4 Å². The normalized spacial score (nSPS) is 30.7. The van der Waals surface area contributed by atoms with E-state index >= 15 is 0 Å². The summed E-state index contributed by atoms with van der Waals surface area (Å²) in [6.45, 7) is 4.57. The highest BCUT2D eigenvalue weighted by molar-refractivity contribution is 5.27. The van der Waals surface area contributed by atoms with Crippen molar-refractivity contribution in [3.05, 3.63) is 71.5 Å². The van der Waals surface area contributed by atoms with Crippen molar-refractivity contribution in [2.24, 2.45) is 0 Å². The molecular weight excluding hydrogens is 343 g/mol. The van der Waals surface area contributed by atoms with E-state index in [-0.39, 0.29) is 17.3 Å². The quantitative estimate of drug-likeness (QED) is 0.756. The van der Waals surface area contributed by atoms with E-state index in [1.807, 2.05) is 30.3 Å². The number of hydrogen-bond donors (Lipinski definition) is 0. The summed E-state index contributed by atoms with van der Waals surface area (Å²) >= 11 is 0. The molecule has 4 heteroatoms. The predicted molar refractivity (Wildman–Crippen MR) is 102 cm³/mol. The minimum atomic E-state index is -0.479. The molecule has 2 heterocycles. The van der Waals surface area contributed by atoms with E-state index in [0.717, 1.165) is 30.4 Å². The average molecular weight is 370 g/mol. The molecule has 2 aliphatic heterocycles. The summed E-state index contributed by atoms with van der Waals surface area (Å²) in [5, 5.41) is 0. The Morgan fingerprint density at radius 1 is 1.07 bits per heavy atom. The third-order valence-electron chi connectivity index (χ3n) is 5.74. The highest BCUT2D eigenvalue weighted by Crippen LogP contribution is 2.48. The second kappa shape index (κ2) is 7.70. The van der Waals surface area contributed by atoms with Crippen molar-refractivity contribution in [3.63, 3.8) is 0 Å². The van der Waals surface area contributed by atoms with E-state index < -0.39 is 5.60 Å². The molecule has 0 aromatic heterocycles. The molecule has 0 aliphatic carbocycles. The molecule has 0 amide bonds. The van der Waals surface area contributed by atoms with Crippen LogP contribution in [0.15, 0.2) is 54.6 Å². The number of hydrogen-bond acceptors (Lipinski definition) is 3. The van der Waals surface area contributed by atoms with Gasteiger partial charge in [-0.2, -0.15) is 0 Å². The maximum Gasteiger partial charge on any atom is 0.123 e. The molecule has 144 valence electrons. The van der Waals surface area contributed by atoms with Crippen molar-refractivity contribution in [2.75, 3.05) is 26.4 Å². The minimum Gasteiger partial charge on any atom is -0.375 e. The lowest BCUT2D eigenvalue weighted by Gasteiger charge is -2.45. The van der Waals surface area contributed by atoms with Crippen molar-refractivity contribution in [1.82, 2.24) is 0 Å². The van der Waals surface area contributed by atoms with E-state index in [1.165, 1.54) is 12.1 Å². The van der Waals surface area contributed by atoms with Gasteiger partial charge in [0.15, 0.2) is 0 Å². The molecule has 3 nitrogen and oxygen atoms in total. The molecule has 0 bridgehead atoms. The predicted octanol–water partition coefficient (Wildman–Crippen LogP) is 4.81. The summed E-state index contributed by atoms with van der Waals surface area (Å²) < 4.78 is 32.1. The minimum absolute atomic E-state index is 0.204. The molecule has 2 aliphatic rings. The van der Waals surface area contributed by atoms with Gasteiger partial charge in [0.2, 0.25) is 0 Å². The Morgan fingerprint density at radius 3 is 2.59 bits per heavy atom. The Balaban J connectivity index is 1.58. The number of benzene rings is 2. The van der Waals surface area contributed by atoms with Crippen LogP contribution < -0.4 is 0 Å². The molecule has 0 N–H and O–H groups in total. The Kier molecular flexibility index (Phi) is 5.31. The fourth-order valence-corrected chi connectivity index (χ4v) is 4.44. The molecule has 3 unspecified atom stereocenters. The number of ether oxygens (including phenoxy) is 3. The first-order valence-electron chi connectivity index (χ1n) is 9.81. The molecule has 27 heavy (non-hydrogen) atoms. The van der Waals surface area contributed by atoms with Gasteiger partial charge in [0.1, 0.15) is 11.4 Å². The second-order valence-corrected chi connectivity index (χ2v) is 7.82. The molecular formula is C23H27FO3. The van der Waals surface area contributed by atoms with Gasteiger partial charge in [-0.1, -0.05) is 49.4 Å². The fourth-order valence-electron chi connectivity index (χ4n) is 4.44. The summed E-state index contributed by atoms with van der Waals surface area (Å²) in [7, 11) is 0. The molecule has 2 aromatic carbocycles. The Morgan fingerprint density at radius 2 is 1.85 bits per heavy atom. The summed E-state index contributed by atoms with van der Waals surface area (Å²) in [5.74, 6) is 0.0522. The molecule has 2 fully saturated rings. The van der Waals surface area contributed by atoms with Gasteiger partial charge in [-0.25, -0.2) is 4.39 Å². The lowest BCUT2D eigenvalue weighted by Crippen LogP contribution is -2.52. The van der Waals surface area contributed by atoms with E-state index in [9.17, 15) is 4.39 Å². The molecule has 2 saturated heterocycles. The van der Waals surface area contributed by atoms with E-state index in [4.69, 9.17) is 14.2 Å². The van der Waals surface area contributed by atoms with Crippen LogP contribution >= 0.6 is 0 Å². The Bertz CT molecular complexity index is 748. The first kappa shape index (κ1) is 18.6. The van der Waals surface area contributed by atoms with Crippen LogP contribution in [0.4, 0.5) is 4.39 Å². The average Bonchev–Trinajstić information content (AvgIpc) is 3.10. The molecule has 3 atom stereocenters. The van der Waals surface area contributed by atoms with Crippen LogP contribution in [0.3, 0.4) is 0 Å². The van der Waals surface area contributed by atoms with Gasteiger partial charge < -0.3 is 14.2 Å². The summed E-state index contributed by atoms with van der Waals surface area (Å²) in [6.07, 6.45) is 2.60. The molecule has 2 aromatic rings. The van der Waals surface area contributed by atoms with Crippen LogP contribution in [0.5, 0.6) is 0 Å².